The summed E-state index contributed by atoms with van der Waals surface area (Å²) in [6.45, 7) is 1.85. The number of amides is 1. The fourth-order valence-electron chi connectivity index (χ4n) is 3.13. The first-order valence-corrected chi connectivity index (χ1v) is 8.65. The summed E-state index contributed by atoms with van der Waals surface area (Å²) in [4.78, 5) is 15.0. The lowest BCUT2D eigenvalue weighted by Gasteiger charge is -2.33. The van der Waals surface area contributed by atoms with E-state index in [1.54, 1.807) is 30.5 Å². The molecule has 3 rings (SSSR count). The molecule has 0 bridgehead atoms. The van der Waals surface area contributed by atoms with Gasteiger partial charge in [-0.3, -0.25) is 9.69 Å². The molecule has 0 aliphatic carbocycles. The van der Waals surface area contributed by atoms with Crippen molar-refractivity contribution in [2.24, 2.45) is 5.10 Å². The van der Waals surface area contributed by atoms with Gasteiger partial charge >= 0.3 is 0 Å². The highest BCUT2D eigenvalue weighted by Crippen LogP contribution is 2.24. The first-order valence-electron chi connectivity index (χ1n) is 8.65. The van der Waals surface area contributed by atoms with E-state index in [2.05, 4.69) is 15.4 Å². The molecule has 130 valence electrons. The van der Waals surface area contributed by atoms with E-state index in [0.717, 1.165) is 37.1 Å². The van der Waals surface area contributed by atoms with E-state index in [4.69, 9.17) is 0 Å². The van der Waals surface area contributed by atoms with Gasteiger partial charge in [0.1, 0.15) is 11.8 Å². The molecule has 0 spiro atoms. The van der Waals surface area contributed by atoms with Crippen LogP contribution in [0, 0.1) is 0 Å². The summed E-state index contributed by atoms with van der Waals surface area (Å²) in [6.07, 6.45) is 5.04. The van der Waals surface area contributed by atoms with Gasteiger partial charge in [0.05, 0.1) is 6.21 Å². The van der Waals surface area contributed by atoms with Crippen molar-refractivity contribution in [1.82, 2.24) is 10.3 Å². The van der Waals surface area contributed by atoms with Gasteiger partial charge in [-0.1, -0.05) is 36.8 Å². The predicted molar refractivity (Wildman–Crippen MR) is 98.5 cm³/mol. The molecule has 5 heteroatoms. The Bertz CT molecular complexity index is 707. The van der Waals surface area contributed by atoms with Crippen LogP contribution < -0.4 is 5.43 Å². The van der Waals surface area contributed by atoms with E-state index < -0.39 is 0 Å². The van der Waals surface area contributed by atoms with Gasteiger partial charge in [0.15, 0.2) is 0 Å². The second-order valence-electron chi connectivity index (χ2n) is 6.24. The third-order valence-corrected chi connectivity index (χ3v) is 4.40. The minimum absolute atomic E-state index is 0.122. The number of benzene rings is 2. The number of phenolic OH excluding ortho intramolecular Hbond substituents is 1. The molecular formula is C20H23N3O2. The number of phenols is 1. The van der Waals surface area contributed by atoms with Gasteiger partial charge in [-0.25, -0.2) is 5.43 Å². The van der Waals surface area contributed by atoms with Crippen molar-refractivity contribution in [1.29, 1.82) is 0 Å². The van der Waals surface area contributed by atoms with Gasteiger partial charge < -0.3 is 5.11 Å². The van der Waals surface area contributed by atoms with Gasteiger partial charge in [-0.05, 0) is 61.3 Å². The van der Waals surface area contributed by atoms with Crippen molar-refractivity contribution in [3.63, 3.8) is 0 Å². The minimum Gasteiger partial charge on any atom is -0.508 e. The SMILES string of the molecule is O=C(N/N=C/c1ccc(O)cc1)[C@H](c1ccccc1)N1CCCCC1. The topological polar surface area (TPSA) is 64.9 Å². The minimum atomic E-state index is -0.321. The molecule has 0 unspecified atom stereocenters. The molecule has 1 fully saturated rings. The van der Waals surface area contributed by atoms with Crippen molar-refractivity contribution >= 4 is 12.1 Å². The van der Waals surface area contributed by atoms with Gasteiger partial charge in [0.25, 0.3) is 5.91 Å². The normalized spacial score (nSPS) is 16.6. The third kappa shape index (κ3) is 4.67. The number of hydrogen-bond acceptors (Lipinski definition) is 4. The number of carbonyl (C=O) groups is 1. The summed E-state index contributed by atoms with van der Waals surface area (Å²) in [7, 11) is 0. The number of likely N-dealkylation sites (tertiary alicyclic amines) is 1. The predicted octanol–water partition coefficient (Wildman–Crippen LogP) is 3.07. The molecule has 2 aromatic rings. The van der Waals surface area contributed by atoms with Crippen LogP contribution in [0.25, 0.3) is 0 Å². The molecule has 0 aromatic heterocycles. The van der Waals surface area contributed by atoms with E-state index in [1.807, 2.05) is 30.3 Å². The van der Waals surface area contributed by atoms with Crippen LogP contribution in [0.5, 0.6) is 5.75 Å². The number of carbonyl (C=O) groups excluding carboxylic acids is 1. The number of nitrogens with one attached hydrogen (secondary N) is 1. The maximum atomic E-state index is 12.8. The Kier molecular flexibility index (Phi) is 5.80. The largest absolute Gasteiger partial charge is 0.508 e. The average molecular weight is 337 g/mol. The van der Waals surface area contributed by atoms with E-state index in [1.165, 1.54) is 6.42 Å². The first kappa shape index (κ1) is 17.2. The molecule has 5 nitrogen and oxygen atoms in total. The van der Waals surface area contributed by atoms with Crippen molar-refractivity contribution in [2.45, 2.75) is 25.3 Å². The van der Waals surface area contributed by atoms with Gasteiger partial charge in [-0.2, -0.15) is 5.10 Å². The van der Waals surface area contributed by atoms with Crippen LogP contribution in [0.3, 0.4) is 0 Å². The van der Waals surface area contributed by atoms with E-state index in [-0.39, 0.29) is 17.7 Å². The van der Waals surface area contributed by atoms with Gasteiger partial charge in [0, 0.05) is 0 Å². The summed E-state index contributed by atoms with van der Waals surface area (Å²) >= 11 is 0. The maximum Gasteiger partial charge on any atom is 0.262 e. The lowest BCUT2D eigenvalue weighted by molar-refractivity contribution is -0.127. The van der Waals surface area contributed by atoms with Crippen molar-refractivity contribution < 1.29 is 9.90 Å². The monoisotopic (exact) mass is 337 g/mol. The Hall–Kier alpha value is -2.66. The van der Waals surface area contributed by atoms with Crippen LogP contribution in [-0.4, -0.2) is 35.2 Å². The van der Waals surface area contributed by atoms with E-state index >= 15 is 0 Å². The van der Waals surface area contributed by atoms with Crippen LogP contribution in [0.2, 0.25) is 0 Å². The Morgan fingerprint density at radius 1 is 1.04 bits per heavy atom. The molecule has 25 heavy (non-hydrogen) atoms. The number of hydrazone groups is 1. The van der Waals surface area contributed by atoms with Crippen LogP contribution in [0.1, 0.15) is 36.4 Å². The lowest BCUT2D eigenvalue weighted by atomic mass is 10.0. The number of aromatic hydroxyl groups is 1. The van der Waals surface area contributed by atoms with Crippen LogP contribution in [0.4, 0.5) is 0 Å². The fourth-order valence-corrected chi connectivity index (χ4v) is 3.13. The summed E-state index contributed by atoms with van der Waals surface area (Å²) in [5.74, 6) is 0.0820. The molecule has 1 atom stereocenters. The van der Waals surface area contributed by atoms with Crippen molar-refractivity contribution in [2.75, 3.05) is 13.1 Å². The summed E-state index contributed by atoms with van der Waals surface area (Å²) in [5.41, 5.74) is 4.47. The molecular weight excluding hydrogens is 314 g/mol. The Morgan fingerprint density at radius 3 is 2.40 bits per heavy atom. The highest BCUT2D eigenvalue weighted by molar-refractivity contribution is 5.85. The van der Waals surface area contributed by atoms with Gasteiger partial charge in [-0.15, -0.1) is 0 Å². The van der Waals surface area contributed by atoms with Crippen LogP contribution in [-0.2, 0) is 4.79 Å². The second kappa shape index (κ2) is 8.44. The second-order valence-corrected chi connectivity index (χ2v) is 6.24. The molecule has 2 aromatic carbocycles. The summed E-state index contributed by atoms with van der Waals surface area (Å²) in [5, 5.41) is 13.4. The number of hydrogen-bond donors (Lipinski definition) is 2. The third-order valence-electron chi connectivity index (χ3n) is 4.40. The first-order chi connectivity index (χ1) is 12.2. The number of piperidine rings is 1. The van der Waals surface area contributed by atoms with E-state index in [0.29, 0.717) is 0 Å². The Labute approximate surface area is 148 Å². The van der Waals surface area contributed by atoms with Crippen molar-refractivity contribution in [3.8, 4) is 5.75 Å². The zero-order chi connectivity index (χ0) is 17.5. The summed E-state index contributed by atoms with van der Waals surface area (Å²) < 4.78 is 0. The van der Waals surface area contributed by atoms with Crippen LogP contribution >= 0.6 is 0 Å². The molecule has 0 saturated carbocycles. The quantitative estimate of drug-likeness (QED) is 0.651. The smallest absolute Gasteiger partial charge is 0.262 e. The van der Waals surface area contributed by atoms with E-state index in [9.17, 15) is 9.90 Å². The maximum absolute atomic E-state index is 12.8. The molecule has 1 aliphatic heterocycles. The summed E-state index contributed by atoms with van der Waals surface area (Å²) in [6, 6.07) is 16.2. The lowest BCUT2D eigenvalue weighted by Crippen LogP contribution is -2.41. The number of rotatable bonds is 5. The Morgan fingerprint density at radius 2 is 1.72 bits per heavy atom. The highest BCUT2D eigenvalue weighted by Gasteiger charge is 2.28. The Balaban J connectivity index is 1.71. The fraction of sp³-hybridized carbons (Fsp3) is 0.300. The highest BCUT2D eigenvalue weighted by atomic mass is 16.3. The molecule has 1 heterocycles. The molecule has 1 aliphatic rings. The van der Waals surface area contributed by atoms with Crippen molar-refractivity contribution in [3.05, 3.63) is 65.7 Å². The molecule has 1 saturated heterocycles. The van der Waals surface area contributed by atoms with Gasteiger partial charge in [0.2, 0.25) is 0 Å². The standard InChI is InChI=1S/C20H23N3O2/c24-18-11-9-16(10-12-18)15-21-22-20(25)19(17-7-3-1-4-8-17)23-13-5-2-6-14-23/h1,3-4,7-12,15,19,24H,2,5-6,13-14H2,(H,22,25)/b21-15+/t19-/m0/s1. The zero-order valence-electron chi connectivity index (χ0n) is 14.1. The zero-order valence-corrected chi connectivity index (χ0v) is 14.1. The molecule has 1 amide bonds. The molecule has 0 radical (unpaired) electrons. The van der Waals surface area contributed by atoms with Crippen LogP contribution in [0.15, 0.2) is 59.7 Å². The molecule has 2 N–H and O–H groups in total. The average Bonchev–Trinajstić information content (AvgIpc) is 2.65. The number of nitrogens with zero attached hydrogens (tertiary/aromatic N) is 2.